The lowest BCUT2D eigenvalue weighted by molar-refractivity contribution is -0.236. The van der Waals surface area contributed by atoms with Crippen LogP contribution in [0.3, 0.4) is 0 Å². The van der Waals surface area contributed by atoms with E-state index < -0.39 is 11.6 Å². The van der Waals surface area contributed by atoms with E-state index in [4.69, 9.17) is 0 Å². The van der Waals surface area contributed by atoms with Gasteiger partial charge in [-0.3, -0.25) is 0 Å². The van der Waals surface area contributed by atoms with Crippen LogP contribution < -0.4 is 10.6 Å². The van der Waals surface area contributed by atoms with Crippen molar-refractivity contribution in [1.29, 1.82) is 0 Å². The van der Waals surface area contributed by atoms with Gasteiger partial charge in [0.1, 0.15) is 0 Å². The Morgan fingerprint density at radius 1 is 1.25 bits per heavy atom. The third kappa shape index (κ3) is 2.59. The van der Waals surface area contributed by atoms with Crippen molar-refractivity contribution in [3.63, 3.8) is 0 Å². The number of alkyl halides is 3. The monoisotopic (exact) mass is 292 g/mol. The normalized spacial score (nSPS) is 40.2. The van der Waals surface area contributed by atoms with E-state index in [9.17, 15) is 13.2 Å². The first kappa shape index (κ1) is 16.1. The van der Waals surface area contributed by atoms with Crippen molar-refractivity contribution >= 4 is 0 Å². The molecule has 0 saturated carbocycles. The molecule has 2 fully saturated rings. The molecule has 4 atom stereocenters. The average Bonchev–Trinajstić information content (AvgIpc) is 2.97. The molecule has 0 bridgehead atoms. The third-order valence-corrected chi connectivity index (χ3v) is 6.05. The van der Waals surface area contributed by atoms with Crippen LogP contribution in [0.2, 0.25) is 0 Å². The Morgan fingerprint density at radius 3 is 2.45 bits per heavy atom. The van der Waals surface area contributed by atoms with Gasteiger partial charge in [-0.15, -0.1) is 0 Å². The molecule has 0 aromatic carbocycles. The van der Waals surface area contributed by atoms with E-state index in [1.807, 2.05) is 0 Å². The Hall–Kier alpha value is -0.290. The summed E-state index contributed by atoms with van der Waals surface area (Å²) in [5.74, 6) is 0.0237. The van der Waals surface area contributed by atoms with Crippen LogP contribution in [-0.2, 0) is 0 Å². The molecule has 2 rings (SSSR count). The third-order valence-electron chi connectivity index (χ3n) is 6.05. The molecule has 0 spiro atoms. The van der Waals surface area contributed by atoms with Crippen molar-refractivity contribution in [3.05, 3.63) is 0 Å². The molecule has 5 heteroatoms. The maximum atomic E-state index is 13.6. The molecule has 2 aliphatic rings. The van der Waals surface area contributed by atoms with Gasteiger partial charge < -0.3 is 10.6 Å². The summed E-state index contributed by atoms with van der Waals surface area (Å²) in [5, 5.41) is 6.29. The van der Waals surface area contributed by atoms with E-state index in [1.54, 1.807) is 6.92 Å². The van der Waals surface area contributed by atoms with Gasteiger partial charge in [-0.25, -0.2) is 0 Å². The van der Waals surface area contributed by atoms with Crippen molar-refractivity contribution in [2.75, 3.05) is 26.2 Å². The highest BCUT2D eigenvalue weighted by atomic mass is 19.4. The second-order valence-corrected chi connectivity index (χ2v) is 7.05. The topological polar surface area (TPSA) is 24.1 Å². The van der Waals surface area contributed by atoms with Crippen LogP contribution in [0.4, 0.5) is 13.2 Å². The zero-order valence-corrected chi connectivity index (χ0v) is 12.7. The fourth-order valence-corrected chi connectivity index (χ4v) is 4.01. The van der Waals surface area contributed by atoms with Crippen molar-refractivity contribution < 1.29 is 13.2 Å². The van der Waals surface area contributed by atoms with Gasteiger partial charge in [0, 0.05) is 13.1 Å². The van der Waals surface area contributed by atoms with Crippen LogP contribution in [0.25, 0.3) is 0 Å². The highest BCUT2D eigenvalue weighted by Gasteiger charge is 2.59. The van der Waals surface area contributed by atoms with Gasteiger partial charge in [-0.1, -0.05) is 20.8 Å². The van der Waals surface area contributed by atoms with Gasteiger partial charge >= 0.3 is 6.18 Å². The fraction of sp³-hybridized carbons (Fsp3) is 1.00. The van der Waals surface area contributed by atoms with E-state index in [-0.39, 0.29) is 24.3 Å². The van der Waals surface area contributed by atoms with Gasteiger partial charge in [-0.05, 0) is 49.6 Å². The first-order valence-electron chi connectivity index (χ1n) is 7.73. The summed E-state index contributed by atoms with van der Waals surface area (Å²) in [4.78, 5) is 0. The summed E-state index contributed by atoms with van der Waals surface area (Å²) >= 11 is 0. The van der Waals surface area contributed by atoms with Crippen LogP contribution >= 0.6 is 0 Å². The van der Waals surface area contributed by atoms with Crippen LogP contribution in [0.15, 0.2) is 0 Å². The lowest BCUT2D eigenvalue weighted by atomic mass is 9.66. The predicted octanol–water partition coefficient (Wildman–Crippen LogP) is 3.19. The van der Waals surface area contributed by atoms with Crippen molar-refractivity contribution in [2.24, 2.45) is 22.7 Å². The maximum absolute atomic E-state index is 13.6. The molecular formula is C15H27F3N2. The summed E-state index contributed by atoms with van der Waals surface area (Å²) < 4.78 is 40.7. The van der Waals surface area contributed by atoms with Gasteiger partial charge in [0.15, 0.2) is 0 Å². The Morgan fingerprint density at radius 2 is 1.95 bits per heavy atom. The molecule has 0 radical (unpaired) electrons. The molecule has 0 aromatic heterocycles. The predicted molar refractivity (Wildman–Crippen MR) is 74.5 cm³/mol. The second-order valence-electron chi connectivity index (χ2n) is 7.05. The molecule has 0 amide bonds. The van der Waals surface area contributed by atoms with Crippen LogP contribution in [-0.4, -0.2) is 32.4 Å². The first-order chi connectivity index (χ1) is 9.25. The molecule has 2 aliphatic heterocycles. The zero-order valence-electron chi connectivity index (χ0n) is 12.7. The molecular weight excluding hydrogens is 265 g/mol. The Balaban J connectivity index is 2.12. The van der Waals surface area contributed by atoms with Gasteiger partial charge in [0.05, 0.1) is 5.41 Å². The molecule has 2 N–H and O–H groups in total. The molecule has 20 heavy (non-hydrogen) atoms. The van der Waals surface area contributed by atoms with E-state index in [0.717, 1.165) is 19.5 Å². The Bertz CT molecular complexity index is 337. The number of hydrogen-bond donors (Lipinski definition) is 2. The lowest BCUT2D eigenvalue weighted by Crippen LogP contribution is -2.46. The number of rotatable bonds is 4. The summed E-state index contributed by atoms with van der Waals surface area (Å²) in [7, 11) is 0. The van der Waals surface area contributed by atoms with E-state index in [1.165, 1.54) is 0 Å². The highest BCUT2D eigenvalue weighted by Crippen LogP contribution is 2.52. The highest BCUT2D eigenvalue weighted by molar-refractivity contribution is 5.00. The number of hydrogen-bond acceptors (Lipinski definition) is 2. The molecule has 118 valence electrons. The summed E-state index contributed by atoms with van der Waals surface area (Å²) in [6.07, 6.45) is -2.20. The van der Waals surface area contributed by atoms with Gasteiger partial charge in [0.2, 0.25) is 0 Å². The van der Waals surface area contributed by atoms with E-state index >= 15 is 0 Å². The number of nitrogens with one attached hydrogen (secondary N) is 2. The molecule has 4 unspecified atom stereocenters. The SMILES string of the molecule is CCC1(C)CNCC1CC(C)C1(C(F)(F)F)CCNC1. The standard InChI is InChI=1S/C15H27F3N2/c1-4-13(3)9-20-8-12(13)7-11(2)14(15(16,17)18)5-6-19-10-14/h11-12,19-20H,4-10H2,1-3H3. The quantitative estimate of drug-likeness (QED) is 0.831. The first-order valence-corrected chi connectivity index (χ1v) is 7.73. The minimum Gasteiger partial charge on any atom is -0.316 e. The smallest absolute Gasteiger partial charge is 0.316 e. The van der Waals surface area contributed by atoms with Gasteiger partial charge in [0.25, 0.3) is 0 Å². The van der Waals surface area contributed by atoms with Crippen LogP contribution in [0, 0.1) is 22.7 Å². The Labute approximate surface area is 119 Å². The van der Waals surface area contributed by atoms with Crippen LogP contribution in [0.1, 0.15) is 40.0 Å². The average molecular weight is 292 g/mol. The summed E-state index contributed by atoms with van der Waals surface area (Å²) in [6.45, 7) is 8.50. The molecule has 2 saturated heterocycles. The van der Waals surface area contributed by atoms with Gasteiger partial charge in [-0.2, -0.15) is 13.2 Å². The lowest BCUT2D eigenvalue weighted by Gasteiger charge is -2.40. The fourth-order valence-electron chi connectivity index (χ4n) is 4.01. The molecule has 0 aromatic rings. The maximum Gasteiger partial charge on any atom is 0.396 e. The Kier molecular flexibility index (Phi) is 4.41. The van der Waals surface area contributed by atoms with E-state index in [0.29, 0.717) is 18.9 Å². The van der Waals surface area contributed by atoms with Crippen molar-refractivity contribution in [1.82, 2.24) is 10.6 Å². The minimum atomic E-state index is -4.11. The van der Waals surface area contributed by atoms with E-state index in [2.05, 4.69) is 24.5 Å². The zero-order chi connectivity index (χ0) is 15.0. The number of halogens is 3. The summed E-state index contributed by atoms with van der Waals surface area (Å²) in [5.41, 5.74) is -1.38. The molecule has 2 nitrogen and oxygen atoms in total. The largest absolute Gasteiger partial charge is 0.396 e. The summed E-state index contributed by atoms with van der Waals surface area (Å²) in [6, 6.07) is 0. The van der Waals surface area contributed by atoms with Crippen molar-refractivity contribution in [3.8, 4) is 0 Å². The van der Waals surface area contributed by atoms with Crippen LogP contribution in [0.5, 0.6) is 0 Å². The second kappa shape index (κ2) is 5.48. The van der Waals surface area contributed by atoms with Crippen molar-refractivity contribution in [2.45, 2.75) is 46.2 Å². The molecule has 0 aliphatic carbocycles. The minimum absolute atomic E-state index is 0.0840. The molecule has 2 heterocycles.